The Balaban J connectivity index is 2.82. The van der Waals surface area contributed by atoms with Crippen LogP contribution in [0.4, 0.5) is 0 Å². The van der Waals surface area contributed by atoms with Gasteiger partial charge in [0.05, 0.1) is 5.55 Å². The first-order valence-corrected chi connectivity index (χ1v) is 8.93. The zero-order valence-corrected chi connectivity index (χ0v) is 15.0. The summed E-state index contributed by atoms with van der Waals surface area (Å²) in [6, 6.07) is 3.57. The summed E-state index contributed by atoms with van der Waals surface area (Å²) >= 11 is 0. The van der Waals surface area contributed by atoms with Crippen molar-refractivity contribution in [1.29, 1.82) is 0 Å². The first-order chi connectivity index (χ1) is 9.94. The van der Waals surface area contributed by atoms with E-state index in [-0.39, 0.29) is 27.7 Å². The molecular formula is C18H25NO2S. The summed E-state index contributed by atoms with van der Waals surface area (Å²) in [7, 11) is -0.451. The van der Waals surface area contributed by atoms with Crippen LogP contribution in [0.15, 0.2) is 17.1 Å². The van der Waals surface area contributed by atoms with Crippen LogP contribution in [0.1, 0.15) is 63.5 Å². The van der Waals surface area contributed by atoms with E-state index in [0.717, 1.165) is 16.7 Å². The van der Waals surface area contributed by atoms with E-state index < -0.39 is 10.5 Å². The van der Waals surface area contributed by atoms with E-state index >= 15 is 0 Å². The molecule has 22 heavy (non-hydrogen) atoms. The largest absolute Gasteiger partial charge is 0.508 e. The van der Waals surface area contributed by atoms with Gasteiger partial charge in [-0.25, -0.2) is 4.99 Å². The molecule has 1 heterocycles. The lowest BCUT2D eigenvalue weighted by Gasteiger charge is -2.34. The zero-order chi connectivity index (χ0) is 16.9. The van der Waals surface area contributed by atoms with Crippen molar-refractivity contribution in [2.75, 3.05) is 0 Å². The molecule has 2 atom stereocenters. The van der Waals surface area contributed by atoms with Crippen molar-refractivity contribution in [3.63, 3.8) is 0 Å². The number of aliphatic imine (C=N–C) groups is 1. The lowest BCUT2D eigenvalue weighted by molar-refractivity contribution is -0.117. The van der Waals surface area contributed by atoms with Gasteiger partial charge in [0.1, 0.15) is 11.0 Å². The van der Waals surface area contributed by atoms with E-state index in [4.69, 9.17) is 0 Å². The van der Waals surface area contributed by atoms with Crippen LogP contribution in [-0.2, 0) is 15.6 Å². The lowest BCUT2D eigenvalue weighted by atomic mass is 9.72. The minimum atomic E-state index is -0.451. The molecule has 0 fully saturated rings. The number of hydrogen-bond donors (Lipinski definition) is 1. The van der Waals surface area contributed by atoms with Gasteiger partial charge < -0.3 is 5.11 Å². The summed E-state index contributed by atoms with van der Waals surface area (Å²) < 4.78 is 0. The van der Waals surface area contributed by atoms with Gasteiger partial charge in [-0.2, -0.15) is 0 Å². The summed E-state index contributed by atoms with van der Waals surface area (Å²) in [5, 5.41) is 10.1. The van der Waals surface area contributed by atoms with Gasteiger partial charge in [-0.15, -0.1) is 10.5 Å². The Hall–Kier alpha value is -1.42. The highest BCUT2D eigenvalue weighted by Gasteiger charge is 2.36. The molecule has 1 aliphatic rings. The van der Waals surface area contributed by atoms with Gasteiger partial charge >= 0.3 is 0 Å². The predicted octanol–water partition coefficient (Wildman–Crippen LogP) is 4.30. The Morgan fingerprint density at radius 1 is 1.09 bits per heavy atom. The molecule has 0 saturated heterocycles. The number of phenolic OH excluding ortho intramolecular Hbond substituents is 1. The third-order valence-corrected chi connectivity index (χ3v) is 5.28. The van der Waals surface area contributed by atoms with Crippen LogP contribution in [0.5, 0.6) is 5.75 Å². The molecule has 1 aromatic rings. The maximum atomic E-state index is 12.2. The van der Waals surface area contributed by atoms with Crippen LogP contribution in [0.2, 0.25) is 0 Å². The molecule has 2 unspecified atom stereocenters. The van der Waals surface area contributed by atoms with Crippen molar-refractivity contribution in [2.24, 2.45) is 4.99 Å². The van der Waals surface area contributed by atoms with E-state index in [0.29, 0.717) is 0 Å². The van der Waals surface area contributed by atoms with Crippen molar-refractivity contribution in [2.45, 2.75) is 57.6 Å². The van der Waals surface area contributed by atoms with Gasteiger partial charge in [0, 0.05) is 5.56 Å². The van der Waals surface area contributed by atoms with Gasteiger partial charge in [-0.05, 0) is 28.0 Å². The summed E-state index contributed by atoms with van der Waals surface area (Å²) in [6.07, 6.45) is 0. The number of benzene rings is 1. The van der Waals surface area contributed by atoms with E-state index in [1.54, 1.807) is 11.6 Å². The van der Waals surface area contributed by atoms with Crippen molar-refractivity contribution in [1.82, 2.24) is 0 Å². The molecule has 0 radical (unpaired) electrons. The molecule has 1 aliphatic heterocycles. The maximum Gasteiger partial charge on any atom is 0.263 e. The average molecular weight is 319 g/mol. The first kappa shape index (κ1) is 16.9. The predicted molar refractivity (Wildman–Crippen MR) is 96.5 cm³/mol. The Morgan fingerprint density at radius 3 is 2.05 bits per heavy atom. The average Bonchev–Trinajstić information content (AvgIpc) is 2.66. The van der Waals surface area contributed by atoms with E-state index in [1.807, 2.05) is 6.07 Å². The maximum absolute atomic E-state index is 12.2. The fourth-order valence-corrected chi connectivity index (χ4v) is 4.27. The molecule has 2 rings (SSSR count). The monoisotopic (exact) mass is 319 g/mol. The SMILES string of the molecule is C=S1C=NC(=O)C1c1ccc(O)c(C(C)(C)C)c1C(C)(C)C. The van der Waals surface area contributed by atoms with Crippen LogP contribution >= 0.6 is 10.5 Å². The Morgan fingerprint density at radius 2 is 1.64 bits per heavy atom. The summed E-state index contributed by atoms with van der Waals surface area (Å²) in [5.41, 5.74) is 4.16. The number of amides is 1. The summed E-state index contributed by atoms with van der Waals surface area (Å²) in [6.45, 7) is 12.6. The Kier molecular flexibility index (Phi) is 4.11. The fraction of sp³-hybridized carbons (Fsp3) is 0.500. The molecule has 120 valence electrons. The molecule has 1 aromatic carbocycles. The number of phenols is 1. The standard InChI is InChI=1S/C18H25NO2S/c1-17(2,3)13-11(15-16(21)19-10-22(15)7)8-9-12(20)14(13)18(4,5)6/h8-10,15,20H,7H2,1-6H3. The Bertz CT molecular complexity index is 658. The second-order valence-electron chi connectivity index (χ2n) is 7.85. The van der Waals surface area contributed by atoms with Gasteiger partial charge in [0.25, 0.3) is 5.91 Å². The molecule has 0 spiro atoms. The van der Waals surface area contributed by atoms with E-state index in [1.165, 1.54) is 0 Å². The molecule has 0 bridgehead atoms. The molecule has 1 amide bonds. The number of aromatic hydroxyl groups is 1. The molecule has 4 heteroatoms. The van der Waals surface area contributed by atoms with Gasteiger partial charge in [0.2, 0.25) is 0 Å². The molecule has 3 nitrogen and oxygen atoms in total. The highest BCUT2D eigenvalue weighted by atomic mass is 32.2. The van der Waals surface area contributed by atoms with Crippen LogP contribution in [0.25, 0.3) is 0 Å². The topological polar surface area (TPSA) is 49.7 Å². The van der Waals surface area contributed by atoms with Gasteiger partial charge in [-0.3, -0.25) is 4.79 Å². The van der Waals surface area contributed by atoms with E-state index in [2.05, 4.69) is 52.4 Å². The third kappa shape index (κ3) is 2.89. The Labute approximate surface area is 135 Å². The fourth-order valence-electron chi connectivity index (χ4n) is 3.07. The summed E-state index contributed by atoms with van der Waals surface area (Å²) in [4.78, 5) is 16.2. The summed E-state index contributed by atoms with van der Waals surface area (Å²) in [5.74, 6) is 4.24. The van der Waals surface area contributed by atoms with Crippen LogP contribution in [0.3, 0.4) is 0 Å². The first-order valence-electron chi connectivity index (χ1n) is 7.41. The van der Waals surface area contributed by atoms with Crippen LogP contribution in [0, 0.1) is 0 Å². The van der Waals surface area contributed by atoms with Gasteiger partial charge in [0.15, 0.2) is 0 Å². The quantitative estimate of drug-likeness (QED) is 0.785. The normalized spacial score (nSPS) is 22.4. The van der Waals surface area contributed by atoms with Crippen molar-refractivity contribution < 1.29 is 9.90 Å². The minimum absolute atomic E-state index is 0.130. The second-order valence-corrected chi connectivity index (χ2v) is 9.47. The van der Waals surface area contributed by atoms with E-state index in [9.17, 15) is 9.90 Å². The number of hydrogen-bond acceptors (Lipinski definition) is 2. The molecule has 0 aromatic heterocycles. The van der Waals surface area contributed by atoms with Crippen molar-refractivity contribution in [3.8, 4) is 5.75 Å². The van der Waals surface area contributed by atoms with Crippen LogP contribution < -0.4 is 0 Å². The highest BCUT2D eigenvalue weighted by molar-refractivity contribution is 8.26. The lowest BCUT2D eigenvalue weighted by Crippen LogP contribution is -2.25. The number of carbonyl (C=O) groups excluding carboxylic acids is 1. The minimum Gasteiger partial charge on any atom is -0.508 e. The highest BCUT2D eigenvalue weighted by Crippen LogP contribution is 2.47. The van der Waals surface area contributed by atoms with Crippen LogP contribution in [-0.4, -0.2) is 22.4 Å². The number of nitrogens with zero attached hydrogens (tertiary/aromatic N) is 1. The molecule has 0 saturated carbocycles. The number of carbonyl (C=O) groups is 1. The van der Waals surface area contributed by atoms with Crippen molar-refractivity contribution in [3.05, 3.63) is 28.8 Å². The smallest absolute Gasteiger partial charge is 0.263 e. The molecule has 0 aliphatic carbocycles. The molecule has 1 N–H and O–H groups in total. The zero-order valence-electron chi connectivity index (χ0n) is 14.2. The molecular weight excluding hydrogens is 294 g/mol. The van der Waals surface area contributed by atoms with Gasteiger partial charge in [-0.1, -0.05) is 53.5 Å². The van der Waals surface area contributed by atoms with Crippen molar-refractivity contribution >= 4 is 27.8 Å². The number of rotatable bonds is 1. The second kappa shape index (κ2) is 5.34. The third-order valence-electron chi connectivity index (χ3n) is 3.84.